The number of aromatic nitrogens is 2. The molecule has 0 saturated heterocycles. The van der Waals surface area contributed by atoms with E-state index in [0.29, 0.717) is 27.9 Å². The molecule has 0 unspecified atom stereocenters. The van der Waals surface area contributed by atoms with E-state index >= 15 is 0 Å². The summed E-state index contributed by atoms with van der Waals surface area (Å²) in [5.41, 5.74) is 4.73. The number of nitrogens with zero attached hydrogens (tertiary/aromatic N) is 2. The monoisotopic (exact) mass is 480 g/mol. The van der Waals surface area contributed by atoms with Crippen LogP contribution in [0.2, 0.25) is 0 Å². The molecule has 0 amide bonds. The average Bonchev–Trinajstić information content (AvgIpc) is 3.28. The fraction of sp³-hybridized carbons (Fsp3) is 0.154. The van der Waals surface area contributed by atoms with Crippen molar-refractivity contribution in [1.29, 1.82) is 0 Å². The topological polar surface area (TPSA) is 92.2 Å². The molecule has 0 spiro atoms. The maximum absolute atomic E-state index is 13.7. The second-order valence-corrected chi connectivity index (χ2v) is 8.29. The third-order valence-electron chi connectivity index (χ3n) is 5.61. The number of hydrogen-bond donors (Lipinski definition) is 0. The zero-order valence-corrected chi connectivity index (χ0v) is 22.2. The van der Waals surface area contributed by atoms with Gasteiger partial charge in [0.25, 0.3) is 0 Å². The Morgan fingerprint density at radius 3 is 2.35 bits per heavy atom. The average molecular weight is 481 g/mol. The number of fused-ring (bicyclic) bond motifs is 1. The van der Waals surface area contributed by atoms with Gasteiger partial charge in [-0.1, -0.05) is 30.3 Å². The molecule has 1 aromatic heterocycles. The van der Waals surface area contributed by atoms with Gasteiger partial charge in [-0.15, -0.1) is 0 Å². The number of carbonyl (C=O) groups excluding carboxylic acids is 2. The number of carbonyl (C=O) groups is 2. The number of aryl methyl sites for hydroxylation is 2. The zero-order valence-electron chi connectivity index (χ0n) is 19.4. The Balaban J connectivity index is 0.00000324. The summed E-state index contributed by atoms with van der Waals surface area (Å²) in [5.74, 6) is -1.17. The number of rotatable bonds is 7. The Bertz CT molecular complexity index is 1410. The van der Waals surface area contributed by atoms with Gasteiger partial charge in [-0.3, -0.25) is 4.79 Å². The molecule has 3 aromatic carbocycles. The molecule has 166 valence electrons. The van der Waals surface area contributed by atoms with Gasteiger partial charge in [-0.05, 0) is 66.4 Å². The predicted molar refractivity (Wildman–Crippen MR) is 126 cm³/mol. The van der Waals surface area contributed by atoms with Gasteiger partial charge in [-0.2, -0.15) is 8.75 Å². The zero-order chi connectivity index (χ0) is 23.5. The van der Waals surface area contributed by atoms with Crippen molar-refractivity contribution in [2.24, 2.45) is 0 Å². The fourth-order valence-corrected chi connectivity index (χ4v) is 4.20. The van der Waals surface area contributed by atoms with Crippen molar-refractivity contribution in [2.45, 2.75) is 20.3 Å². The van der Waals surface area contributed by atoms with Gasteiger partial charge in [0, 0.05) is 23.1 Å². The minimum absolute atomic E-state index is 0. The molecule has 0 saturated carbocycles. The number of Topliss-reactive ketones (excluding diaryl/α,β-unsaturated/α-hetero) is 1. The molecule has 0 bridgehead atoms. The van der Waals surface area contributed by atoms with Crippen molar-refractivity contribution in [3.63, 3.8) is 0 Å². The number of benzene rings is 3. The van der Waals surface area contributed by atoms with Gasteiger partial charge >= 0.3 is 29.6 Å². The van der Waals surface area contributed by atoms with Crippen LogP contribution >= 0.6 is 11.7 Å². The normalized spacial score (nSPS) is 11.5. The van der Waals surface area contributed by atoms with Crippen LogP contribution in [0.15, 0.2) is 66.2 Å². The number of ether oxygens (including phenoxy) is 1. The molecule has 0 fully saturated rings. The van der Waals surface area contributed by atoms with Gasteiger partial charge in [0.05, 0.1) is 24.8 Å². The summed E-state index contributed by atoms with van der Waals surface area (Å²) < 4.78 is 13.7. The summed E-state index contributed by atoms with van der Waals surface area (Å²) in [6.45, 7) is 3.88. The van der Waals surface area contributed by atoms with Crippen LogP contribution in [0.4, 0.5) is 0 Å². The van der Waals surface area contributed by atoms with E-state index < -0.39 is 5.97 Å². The SMILES string of the molecule is COc1cccc(CC(C(=O)c2ccc(C)c(C)c2)=C(C(=O)[O-])c2ccc3nsnc3c2)c1.[Na+]. The predicted octanol–water partition coefficient (Wildman–Crippen LogP) is 0.950. The van der Waals surface area contributed by atoms with Crippen LogP contribution in [0.1, 0.15) is 32.6 Å². The summed E-state index contributed by atoms with van der Waals surface area (Å²) >= 11 is 1.04. The molecule has 1 heterocycles. The molecule has 0 aliphatic rings. The third-order valence-corrected chi connectivity index (χ3v) is 6.16. The van der Waals surface area contributed by atoms with E-state index in [-0.39, 0.29) is 52.9 Å². The number of ketones is 1. The second-order valence-electron chi connectivity index (χ2n) is 7.77. The minimum Gasteiger partial charge on any atom is -0.545 e. The van der Waals surface area contributed by atoms with Crippen molar-refractivity contribution >= 4 is 40.1 Å². The molecule has 34 heavy (non-hydrogen) atoms. The summed E-state index contributed by atoms with van der Waals surface area (Å²) in [6.07, 6.45) is 0.0968. The smallest absolute Gasteiger partial charge is 0.545 e. The van der Waals surface area contributed by atoms with Gasteiger partial charge in [0.1, 0.15) is 16.8 Å². The number of hydrogen-bond acceptors (Lipinski definition) is 7. The van der Waals surface area contributed by atoms with Crippen molar-refractivity contribution in [3.8, 4) is 5.75 Å². The van der Waals surface area contributed by atoms with Crippen molar-refractivity contribution < 1.29 is 49.0 Å². The Labute approximate surface area is 223 Å². The summed E-state index contributed by atoms with van der Waals surface area (Å²) in [5, 5.41) is 12.4. The van der Waals surface area contributed by atoms with Gasteiger partial charge in [0.15, 0.2) is 5.78 Å². The summed E-state index contributed by atoms with van der Waals surface area (Å²) in [7, 11) is 1.56. The maximum atomic E-state index is 13.7. The molecular formula is C26H21N2NaO4S. The number of carboxylic acids is 1. The molecule has 8 heteroatoms. The van der Waals surface area contributed by atoms with Crippen LogP contribution in [-0.4, -0.2) is 27.6 Å². The molecule has 6 nitrogen and oxygen atoms in total. The van der Waals surface area contributed by atoms with E-state index in [4.69, 9.17) is 4.74 Å². The van der Waals surface area contributed by atoms with Crippen molar-refractivity contribution in [2.75, 3.05) is 7.11 Å². The first-order valence-corrected chi connectivity index (χ1v) is 11.0. The van der Waals surface area contributed by atoms with Crippen molar-refractivity contribution in [3.05, 3.63) is 94.1 Å². The molecule has 0 aliphatic carbocycles. The van der Waals surface area contributed by atoms with Crippen LogP contribution < -0.4 is 39.4 Å². The molecule has 0 N–H and O–H groups in total. The maximum Gasteiger partial charge on any atom is 1.00 e. The summed E-state index contributed by atoms with van der Waals surface area (Å²) in [6, 6.07) is 17.5. The van der Waals surface area contributed by atoms with E-state index in [1.807, 2.05) is 26.0 Å². The number of methoxy groups -OCH3 is 1. The van der Waals surface area contributed by atoms with Crippen molar-refractivity contribution in [1.82, 2.24) is 8.75 Å². The molecule has 0 radical (unpaired) electrons. The second kappa shape index (κ2) is 11.1. The molecule has 0 atom stereocenters. The van der Waals surface area contributed by atoms with Gasteiger partial charge in [-0.25, -0.2) is 0 Å². The Kier molecular flexibility index (Phi) is 8.38. The fourth-order valence-electron chi connectivity index (χ4n) is 3.68. The Morgan fingerprint density at radius 2 is 1.65 bits per heavy atom. The third kappa shape index (κ3) is 5.45. The first kappa shape index (κ1) is 25.8. The Morgan fingerprint density at radius 1 is 0.912 bits per heavy atom. The van der Waals surface area contributed by atoms with Crippen LogP contribution in [0, 0.1) is 13.8 Å². The van der Waals surface area contributed by atoms with Crippen LogP contribution in [0.5, 0.6) is 5.75 Å². The molecule has 4 aromatic rings. The molecule has 4 rings (SSSR count). The first-order chi connectivity index (χ1) is 15.9. The van der Waals surface area contributed by atoms with E-state index in [2.05, 4.69) is 8.75 Å². The van der Waals surface area contributed by atoms with Crippen LogP contribution in [0.25, 0.3) is 16.6 Å². The first-order valence-electron chi connectivity index (χ1n) is 10.3. The van der Waals surface area contributed by atoms with E-state index in [0.717, 1.165) is 28.4 Å². The molecule has 0 aliphatic heterocycles. The van der Waals surface area contributed by atoms with E-state index in [1.165, 1.54) is 0 Å². The van der Waals surface area contributed by atoms with E-state index in [1.54, 1.807) is 55.6 Å². The van der Waals surface area contributed by atoms with Crippen LogP contribution in [0.3, 0.4) is 0 Å². The molecular weight excluding hydrogens is 459 g/mol. The number of aliphatic carboxylic acids is 1. The standard InChI is InChI=1S/C26H22N2O4S.Na/c1-15-7-8-19(11-16(15)2)25(29)21(13-17-5-4-6-20(12-17)32-3)24(26(30)31)18-9-10-22-23(14-18)28-33-27-22;/h4-12,14H,13H2,1-3H3,(H,30,31);/q;+1/p-1. The largest absolute Gasteiger partial charge is 1.00 e. The number of carboxylic acid groups (broad SMARTS) is 1. The van der Waals surface area contributed by atoms with E-state index in [9.17, 15) is 14.7 Å². The van der Waals surface area contributed by atoms with Gasteiger partial charge < -0.3 is 14.6 Å². The van der Waals surface area contributed by atoms with Gasteiger partial charge in [0.2, 0.25) is 0 Å². The quantitative estimate of drug-likeness (QED) is 0.222. The van der Waals surface area contributed by atoms with Crippen LogP contribution in [-0.2, 0) is 11.2 Å². The number of allylic oxidation sites excluding steroid dienone is 1. The summed E-state index contributed by atoms with van der Waals surface area (Å²) in [4.78, 5) is 26.1. The minimum atomic E-state index is -1.42. The Hall–Kier alpha value is -2.84.